The third kappa shape index (κ3) is 3.33. The summed E-state index contributed by atoms with van der Waals surface area (Å²) in [5, 5.41) is 9.18. The second-order valence-corrected chi connectivity index (χ2v) is 4.86. The highest BCUT2D eigenvalue weighted by Gasteiger charge is 2.21. The van der Waals surface area contributed by atoms with E-state index in [1.165, 1.54) is 0 Å². The van der Waals surface area contributed by atoms with Gasteiger partial charge in [0.05, 0.1) is 13.2 Å². The van der Waals surface area contributed by atoms with Gasteiger partial charge in [0.2, 0.25) is 0 Å². The number of aryl methyl sites for hydroxylation is 1. The fourth-order valence-corrected chi connectivity index (χ4v) is 1.87. The molecular formula is C15H19NO2. The monoisotopic (exact) mass is 245 g/mol. The number of methoxy groups -OCH3 is 1. The van der Waals surface area contributed by atoms with E-state index in [1.54, 1.807) is 13.2 Å². The zero-order valence-corrected chi connectivity index (χ0v) is 11.4. The minimum absolute atomic E-state index is 0.0293. The van der Waals surface area contributed by atoms with E-state index in [0.717, 1.165) is 5.56 Å². The molecule has 0 fully saturated rings. The predicted octanol–water partition coefficient (Wildman–Crippen LogP) is 3.23. The van der Waals surface area contributed by atoms with E-state index in [9.17, 15) is 10.1 Å². The molecule has 1 aromatic rings. The number of carbonyl (C=O) groups is 1. The summed E-state index contributed by atoms with van der Waals surface area (Å²) in [5.74, 6) is 0.256. The molecule has 0 aliphatic carbocycles. The molecule has 0 N–H and O–H groups in total. The maximum absolute atomic E-state index is 12.0. The Labute approximate surface area is 108 Å². The molecule has 1 rings (SSSR count). The fourth-order valence-electron chi connectivity index (χ4n) is 1.87. The maximum atomic E-state index is 12.0. The molecule has 3 nitrogen and oxygen atoms in total. The molecule has 0 aliphatic rings. The van der Waals surface area contributed by atoms with Crippen LogP contribution in [0.3, 0.4) is 0 Å². The van der Waals surface area contributed by atoms with Crippen LogP contribution in [-0.4, -0.2) is 12.9 Å². The van der Waals surface area contributed by atoms with E-state index >= 15 is 0 Å². The third-order valence-electron chi connectivity index (χ3n) is 2.83. The lowest BCUT2D eigenvalue weighted by atomic mass is 9.90. The summed E-state index contributed by atoms with van der Waals surface area (Å²) < 4.78 is 5.22. The summed E-state index contributed by atoms with van der Waals surface area (Å²) >= 11 is 0. The average molecular weight is 245 g/mol. The van der Waals surface area contributed by atoms with Crippen molar-refractivity contribution in [3.8, 4) is 11.8 Å². The molecule has 0 radical (unpaired) electrons. The van der Waals surface area contributed by atoms with Crippen LogP contribution in [0.2, 0.25) is 0 Å². The summed E-state index contributed by atoms with van der Waals surface area (Å²) in [6.07, 6.45) is 0.425. The van der Waals surface area contributed by atoms with E-state index in [2.05, 4.69) is 6.07 Å². The van der Waals surface area contributed by atoms with Crippen molar-refractivity contribution in [3.05, 3.63) is 29.3 Å². The molecule has 0 spiro atoms. The van der Waals surface area contributed by atoms with Gasteiger partial charge in [-0.25, -0.2) is 0 Å². The van der Waals surface area contributed by atoms with Gasteiger partial charge in [-0.2, -0.15) is 5.26 Å². The molecule has 1 unspecified atom stereocenters. The molecule has 1 aromatic carbocycles. The van der Waals surface area contributed by atoms with Crippen molar-refractivity contribution in [2.45, 2.75) is 33.1 Å². The Morgan fingerprint density at radius 1 is 1.44 bits per heavy atom. The molecule has 3 heteroatoms. The highest BCUT2D eigenvalue weighted by atomic mass is 16.5. The van der Waals surface area contributed by atoms with Crippen LogP contribution in [0.15, 0.2) is 18.2 Å². The SMILES string of the molecule is COc1cc(C(C#N)C(=O)CC(C)C)ccc1C. The van der Waals surface area contributed by atoms with Crippen molar-refractivity contribution in [2.75, 3.05) is 7.11 Å². The lowest BCUT2D eigenvalue weighted by Crippen LogP contribution is -2.13. The molecule has 0 saturated heterocycles. The number of ketones is 1. The van der Waals surface area contributed by atoms with Crippen LogP contribution in [0.4, 0.5) is 0 Å². The first kappa shape index (κ1) is 14.2. The summed E-state index contributed by atoms with van der Waals surface area (Å²) in [6.45, 7) is 5.88. The standard InChI is InChI=1S/C15H19NO2/c1-10(2)7-14(17)13(9-16)12-6-5-11(3)15(8-12)18-4/h5-6,8,10,13H,7H2,1-4H3. The van der Waals surface area contributed by atoms with Gasteiger partial charge in [-0.15, -0.1) is 0 Å². The first-order valence-electron chi connectivity index (χ1n) is 6.06. The molecule has 18 heavy (non-hydrogen) atoms. The van der Waals surface area contributed by atoms with Crippen LogP contribution in [-0.2, 0) is 4.79 Å². The van der Waals surface area contributed by atoms with Gasteiger partial charge in [0.15, 0.2) is 5.78 Å². The quantitative estimate of drug-likeness (QED) is 0.800. The Kier molecular flexibility index (Phi) is 4.91. The number of rotatable bonds is 5. The van der Waals surface area contributed by atoms with E-state index < -0.39 is 5.92 Å². The van der Waals surface area contributed by atoms with Crippen LogP contribution in [0, 0.1) is 24.2 Å². The molecular weight excluding hydrogens is 226 g/mol. The van der Waals surface area contributed by atoms with Gasteiger partial charge >= 0.3 is 0 Å². The number of carbonyl (C=O) groups excluding carboxylic acids is 1. The molecule has 0 aromatic heterocycles. The van der Waals surface area contributed by atoms with Crippen molar-refractivity contribution < 1.29 is 9.53 Å². The van der Waals surface area contributed by atoms with Crippen molar-refractivity contribution in [2.24, 2.45) is 5.92 Å². The van der Waals surface area contributed by atoms with Crippen LogP contribution < -0.4 is 4.74 Å². The Balaban J connectivity index is 3.03. The summed E-state index contributed by atoms with van der Waals surface area (Å²) in [6, 6.07) is 7.57. The van der Waals surface area contributed by atoms with E-state index in [-0.39, 0.29) is 11.7 Å². The smallest absolute Gasteiger partial charge is 0.154 e. The largest absolute Gasteiger partial charge is 0.496 e. The third-order valence-corrected chi connectivity index (χ3v) is 2.83. The van der Waals surface area contributed by atoms with Gasteiger partial charge in [-0.05, 0) is 30.0 Å². The highest BCUT2D eigenvalue weighted by Crippen LogP contribution is 2.26. The summed E-state index contributed by atoms with van der Waals surface area (Å²) in [7, 11) is 1.59. The van der Waals surface area contributed by atoms with Crippen molar-refractivity contribution in [3.63, 3.8) is 0 Å². The number of hydrogen-bond donors (Lipinski definition) is 0. The van der Waals surface area contributed by atoms with Crippen LogP contribution in [0.25, 0.3) is 0 Å². The van der Waals surface area contributed by atoms with Gasteiger partial charge in [0, 0.05) is 6.42 Å². The van der Waals surface area contributed by atoms with Crippen molar-refractivity contribution >= 4 is 5.78 Å². The van der Waals surface area contributed by atoms with Crippen LogP contribution >= 0.6 is 0 Å². The minimum Gasteiger partial charge on any atom is -0.496 e. The lowest BCUT2D eigenvalue weighted by molar-refractivity contribution is -0.120. The Bertz CT molecular complexity index is 472. The van der Waals surface area contributed by atoms with Gasteiger partial charge in [0.1, 0.15) is 11.7 Å². The first-order chi connectivity index (χ1) is 8.49. The number of ether oxygens (including phenoxy) is 1. The number of nitriles is 1. The Hall–Kier alpha value is -1.82. The molecule has 1 atom stereocenters. The molecule has 0 saturated carbocycles. The normalized spacial score (nSPS) is 12.0. The van der Waals surface area contributed by atoms with Crippen molar-refractivity contribution in [1.29, 1.82) is 5.26 Å². The van der Waals surface area contributed by atoms with Gasteiger partial charge in [0.25, 0.3) is 0 Å². The number of benzene rings is 1. The summed E-state index contributed by atoms with van der Waals surface area (Å²) in [4.78, 5) is 12.0. The zero-order valence-electron chi connectivity index (χ0n) is 11.4. The van der Waals surface area contributed by atoms with E-state index in [1.807, 2.05) is 32.9 Å². The Morgan fingerprint density at radius 2 is 2.11 bits per heavy atom. The molecule has 0 aliphatic heterocycles. The number of hydrogen-bond acceptors (Lipinski definition) is 3. The van der Waals surface area contributed by atoms with E-state index in [4.69, 9.17) is 4.74 Å². The molecule has 0 heterocycles. The van der Waals surface area contributed by atoms with E-state index in [0.29, 0.717) is 17.7 Å². The summed E-state index contributed by atoms with van der Waals surface area (Å²) in [5.41, 5.74) is 1.71. The second kappa shape index (κ2) is 6.20. The van der Waals surface area contributed by atoms with Crippen LogP contribution in [0.5, 0.6) is 5.75 Å². The zero-order chi connectivity index (χ0) is 13.7. The number of Topliss-reactive ketones (excluding diaryl/α,β-unsaturated/α-hetero) is 1. The number of nitrogens with zero attached hydrogens (tertiary/aromatic N) is 1. The molecule has 0 amide bonds. The predicted molar refractivity (Wildman–Crippen MR) is 70.5 cm³/mol. The van der Waals surface area contributed by atoms with Crippen molar-refractivity contribution in [1.82, 2.24) is 0 Å². The molecule has 0 bridgehead atoms. The molecule has 96 valence electrons. The van der Waals surface area contributed by atoms with Gasteiger partial charge < -0.3 is 4.74 Å². The minimum atomic E-state index is -0.693. The Morgan fingerprint density at radius 3 is 2.61 bits per heavy atom. The van der Waals surface area contributed by atoms with Crippen LogP contribution in [0.1, 0.15) is 37.3 Å². The maximum Gasteiger partial charge on any atom is 0.154 e. The van der Waals surface area contributed by atoms with Gasteiger partial charge in [-0.1, -0.05) is 26.0 Å². The second-order valence-electron chi connectivity index (χ2n) is 4.86. The average Bonchev–Trinajstić information content (AvgIpc) is 2.31. The first-order valence-corrected chi connectivity index (χ1v) is 6.06. The fraction of sp³-hybridized carbons (Fsp3) is 0.467. The van der Waals surface area contributed by atoms with Gasteiger partial charge in [-0.3, -0.25) is 4.79 Å². The topological polar surface area (TPSA) is 50.1 Å². The lowest BCUT2D eigenvalue weighted by Gasteiger charge is -2.12. The highest BCUT2D eigenvalue weighted by molar-refractivity contribution is 5.88.